The van der Waals surface area contributed by atoms with Gasteiger partial charge in [0.2, 0.25) is 5.91 Å². The normalized spacial score (nSPS) is 15.7. The number of ether oxygens (including phenoxy) is 1. The summed E-state index contributed by atoms with van der Waals surface area (Å²) >= 11 is 0. The molecule has 0 spiro atoms. The Morgan fingerprint density at radius 1 is 1.13 bits per heavy atom. The summed E-state index contributed by atoms with van der Waals surface area (Å²) in [7, 11) is 1.62. The summed E-state index contributed by atoms with van der Waals surface area (Å²) in [6.45, 7) is 3.04. The number of anilines is 3. The van der Waals surface area contributed by atoms with Crippen molar-refractivity contribution in [2.75, 3.05) is 35.7 Å². The predicted octanol–water partition coefficient (Wildman–Crippen LogP) is 2.59. The largest absolute Gasteiger partial charge is 0.496 e. The molecule has 4 rings (SSSR count). The molecule has 0 aliphatic carbocycles. The van der Waals surface area contributed by atoms with Gasteiger partial charge in [0, 0.05) is 43.4 Å². The van der Waals surface area contributed by atoms with Crippen LogP contribution in [-0.2, 0) is 4.79 Å². The van der Waals surface area contributed by atoms with Crippen LogP contribution in [0.2, 0.25) is 0 Å². The van der Waals surface area contributed by atoms with E-state index in [0.717, 1.165) is 42.3 Å². The first kappa shape index (κ1) is 19.6. The van der Waals surface area contributed by atoms with E-state index in [9.17, 15) is 4.79 Å². The Morgan fingerprint density at radius 2 is 2.00 bits per heavy atom. The maximum atomic E-state index is 11.7. The molecule has 0 bridgehead atoms. The van der Waals surface area contributed by atoms with Gasteiger partial charge in [0.15, 0.2) is 11.6 Å². The van der Waals surface area contributed by atoms with Gasteiger partial charge in [-0.05, 0) is 30.7 Å². The molecule has 1 fully saturated rings. The average Bonchev–Trinajstić information content (AvgIpc) is 3.23. The zero-order valence-electron chi connectivity index (χ0n) is 16.9. The molecule has 3 aromatic rings. The van der Waals surface area contributed by atoms with Crippen LogP contribution in [0.5, 0.6) is 5.75 Å². The molecule has 0 saturated carbocycles. The fraction of sp³-hybridized carbons (Fsp3) is 0.286. The Kier molecular flexibility index (Phi) is 5.69. The molecule has 30 heavy (non-hydrogen) atoms. The number of nitrogens with zero attached hydrogens (tertiary/aromatic N) is 5. The smallest absolute Gasteiger partial charge is 0.222 e. The quantitative estimate of drug-likeness (QED) is 0.645. The predicted molar refractivity (Wildman–Crippen MR) is 115 cm³/mol. The van der Waals surface area contributed by atoms with E-state index < -0.39 is 0 Å². The maximum Gasteiger partial charge on any atom is 0.222 e. The first-order chi connectivity index (χ1) is 14.6. The lowest BCUT2D eigenvalue weighted by molar-refractivity contribution is -0.114. The third-order valence-corrected chi connectivity index (χ3v) is 4.91. The molecule has 0 radical (unpaired) electrons. The van der Waals surface area contributed by atoms with Gasteiger partial charge in [-0.1, -0.05) is 18.2 Å². The van der Waals surface area contributed by atoms with Crippen LogP contribution in [0.15, 0.2) is 48.7 Å². The fourth-order valence-corrected chi connectivity index (χ4v) is 3.54. The lowest BCUT2D eigenvalue weighted by Gasteiger charge is -2.20. The number of hydrogen-bond donors (Lipinski definition) is 2. The molecule has 1 aromatic carbocycles. The lowest BCUT2D eigenvalue weighted by atomic mass is 10.1. The van der Waals surface area contributed by atoms with Crippen LogP contribution in [0, 0.1) is 0 Å². The number of para-hydroxylation sites is 1. The monoisotopic (exact) mass is 405 g/mol. The van der Waals surface area contributed by atoms with Crippen LogP contribution in [0.1, 0.15) is 13.3 Å². The molecule has 1 saturated heterocycles. The van der Waals surface area contributed by atoms with Crippen molar-refractivity contribution in [3.8, 4) is 16.9 Å². The maximum absolute atomic E-state index is 11.7. The second-order valence-electron chi connectivity index (χ2n) is 7.03. The van der Waals surface area contributed by atoms with Crippen molar-refractivity contribution in [3.63, 3.8) is 0 Å². The number of rotatable bonds is 6. The highest BCUT2D eigenvalue weighted by atomic mass is 16.5. The number of carbonyl (C=O) groups is 1. The number of benzene rings is 1. The van der Waals surface area contributed by atoms with Gasteiger partial charge in [0.25, 0.3) is 0 Å². The minimum Gasteiger partial charge on any atom is -0.496 e. The molecular formula is C21H23N7O2. The summed E-state index contributed by atoms with van der Waals surface area (Å²) in [5.74, 6) is 2.40. The summed E-state index contributed by atoms with van der Waals surface area (Å²) in [6.07, 6.45) is 2.59. The third-order valence-electron chi connectivity index (χ3n) is 4.91. The van der Waals surface area contributed by atoms with Crippen molar-refractivity contribution in [1.29, 1.82) is 0 Å². The molecule has 1 aliphatic heterocycles. The topological polar surface area (TPSA) is 105 Å². The molecule has 0 unspecified atom stereocenters. The van der Waals surface area contributed by atoms with E-state index in [-0.39, 0.29) is 11.9 Å². The second kappa shape index (κ2) is 8.73. The Hall–Kier alpha value is -3.75. The molecule has 9 nitrogen and oxygen atoms in total. The highest BCUT2D eigenvalue weighted by Crippen LogP contribution is 2.36. The standard InChI is InChI=1S/C21H23N7O2/c1-14(29)23-21-17(16-6-3-4-7-18(16)30-2)12-20(26-27-21)28-11-9-15(13-28)24-19-8-5-10-22-25-19/h3-8,10,12,15H,9,11,13H2,1-2H3,(H,24,25)(H,23,27,29)/t15-/m1/s1. The van der Waals surface area contributed by atoms with Crippen molar-refractivity contribution < 1.29 is 9.53 Å². The van der Waals surface area contributed by atoms with Crippen LogP contribution in [0.25, 0.3) is 11.1 Å². The van der Waals surface area contributed by atoms with Gasteiger partial charge in [-0.15, -0.1) is 15.3 Å². The number of nitrogens with one attached hydrogen (secondary N) is 2. The van der Waals surface area contributed by atoms with Crippen LogP contribution in [0.3, 0.4) is 0 Å². The number of aromatic nitrogens is 4. The Bertz CT molecular complexity index is 1030. The third kappa shape index (κ3) is 4.29. The average molecular weight is 405 g/mol. The minimum atomic E-state index is -0.206. The number of amides is 1. The van der Waals surface area contributed by atoms with Crippen LogP contribution in [-0.4, -0.2) is 52.5 Å². The van der Waals surface area contributed by atoms with Gasteiger partial charge in [0.1, 0.15) is 11.6 Å². The van der Waals surface area contributed by atoms with Gasteiger partial charge in [-0.25, -0.2) is 0 Å². The van der Waals surface area contributed by atoms with Gasteiger partial charge in [-0.3, -0.25) is 4.79 Å². The second-order valence-corrected chi connectivity index (χ2v) is 7.03. The molecule has 154 valence electrons. The van der Waals surface area contributed by atoms with E-state index >= 15 is 0 Å². The van der Waals surface area contributed by atoms with E-state index in [1.807, 2.05) is 42.5 Å². The molecule has 3 heterocycles. The van der Waals surface area contributed by atoms with Crippen molar-refractivity contribution >= 4 is 23.4 Å². The molecule has 1 atom stereocenters. The molecule has 2 aromatic heterocycles. The molecule has 2 N–H and O–H groups in total. The summed E-state index contributed by atoms with van der Waals surface area (Å²) in [4.78, 5) is 13.8. The van der Waals surface area contributed by atoms with Crippen molar-refractivity contribution in [1.82, 2.24) is 20.4 Å². The summed E-state index contributed by atoms with van der Waals surface area (Å²) < 4.78 is 5.51. The first-order valence-electron chi connectivity index (χ1n) is 9.72. The van der Waals surface area contributed by atoms with E-state index in [4.69, 9.17) is 4.74 Å². The Labute approximate surface area is 174 Å². The highest BCUT2D eigenvalue weighted by molar-refractivity contribution is 5.93. The van der Waals surface area contributed by atoms with E-state index in [0.29, 0.717) is 11.6 Å². The molecular weight excluding hydrogens is 382 g/mol. The van der Waals surface area contributed by atoms with E-state index in [1.54, 1.807) is 13.3 Å². The van der Waals surface area contributed by atoms with Crippen molar-refractivity contribution in [3.05, 3.63) is 48.7 Å². The van der Waals surface area contributed by atoms with Crippen molar-refractivity contribution in [2.24, 2.45) is 0 Å². The summed E-state index contributed by atoms with van der Waals surface area (Å²) in [5.41, 5.74) is 1.60. The van der Waals surface area contributed by atoms with Crippen LogP contribution >= 0.6 is 0 Å². The lowest BCUT2D eigenvalue weighted by Crippen LogP contribution is -2.27. The van der Waals surface area contributed by atoms with Crippen molar-refractivity contribution in [2.45, 2.75) is 19.4 Å². The van der Waals surface area contributed by atoms with Gasteiger partial charge in [0.05, 0.1) is 7.11 Å². The van der Waals surface area contributed by atoms with Gasteiger partial charge < -0.3 is 20.3 Å². The first-order valence-corrected chi connectivity index (χ1v) is 9.72. The zero-order valence-corrected chi connectivity index (χ0v) is 16.9. The van der Waals surface area contributed by atoms with Gasteiger partial charge in [-0.2, -0.15) is 5.10 Å². The van der Waals surface area contributed by atoms with Gasteiger partial charge >= 0.3 is 0 Å². The number of methoxy groups -OCH3 is 1. The molecule has 1 aliphatic rings. The van der Waals surface area contributed by atoms with Crippen LogP contribution < -0.4 is 20.3 Å². The molecule has 1 amide bonds. The number of hydrogen-bond acceptors (Lipinski definition) is 8. The summed E-state index contributed by atoms with van der Waals surface area (Å²) in [6, 6.07) is 13.6. The molecule has 9 heteroatoms. The SMILES string of the molecule is COc1ccccc1-c1cc(N2CC[C@@H](Nc3cccnn3)C2)nnc1NC(C)=O. The van der Waals surface area contributed by atoms with E-state index in [2.05, 4.69) is 35.9 Å². The summed E-state index contributed by atoms with van der Waals surface area (Å²) in [5, 5.41) is 22.8. The van der Waals surface area contributed by atoms with Crippen LogP contribution in [0.4, 0.5) is 17.5 Å². The Morgan fingerprint density at radius 3 is 2.77 bits per heavy atom. The number of carbonyl (C=O) groups excluding carboxylic acids is 1. The Balaban J connectivity index is 1.61. The fourth-order valence-electron chi connectivity index (χ4n) is 3.54. The van der Waals surface area contributed by atoms with E-state index in [1.165, 1.54) is 6.92 Å². The zero-order chi connectivity index (χ0) is 20.9. The highest BCUT2D eigenvalue weighted by Gasteiger charge is 2.25. The minimum absolute atomic E-state index is 0.206.